The number of thioether (sulfide) groups is 1. The van der Waals surface area contributed by atoms with Gasteiger partial charge in [-0.05, 0) is 38.0 Å². The van der Waals surface area contributed by atoms with Crippen molar-refractivity contribution >= 4 is 23.5 Å². The Morgan fingerprint density at radius 3 is 2.38 bits per heavy atom. The Bertz CT molecular complexity index is 1300. The number of hydrogen-bond donors (Lipinski definition) is 1. The van der Waals surface area contributed by atoms with Crippen molar-refractivity contribution in [2.75, 3.05) is 11.1 Å². The average molecular weight is 442 g/mol. The first kappa shape index (κ1) is 20.5. The maximum atomic E-state index is 12.8. The second kappa shape index (κ2) is 8.24. The van der Waals surface area contributed by atoms with Crippen molar-refractivity contribution in [2.45, 2.75) is 26.0 Å². The molecule has 1 N–H and O–H groups in total. The van der Waals surface area contributed by atoms with Crippen molar-refractivity contribution in [3.05, 3.63) is 88.7 Å². The number of aromatic nitrogens is 4. The van der Waals surface area contributed by atoms with E-state index in [-0.39, 0.29) is 11.2 Å². The summed E-state index contributed by atoms with van der Waals surface area (Å²) in [5, 5.41) is 8.00. The van der Waals surface area contributed by atoms with Crippen LogP contribution in [-0.2, 0) is 4.79 Å². The monoisotopic (exact) mass is 441 g/mol. The summed E-state index contributed by atoms with van der Waals surface area (Å²) in [6.07, 6.45) is 0. The van der Waals surface area contributed by atoms with Crippen molar-refractivity contribution in [3.63, 3.8) is 0 Å². The molecule has 0 saturated carbocycles. The molecule has 7 heteroatoms. The van der Waals surface area contributed by atoms with Crippen molar-refractivity contribution < 1.29 is 4.79 Å². The van der Waals surface area contributed by atoms with E-state index in [0.717, 1.165) is 28.2 Å². The molecule has 32 heavy (non-hydrogen) atoms. The topological polar surface area (TPSA) is 72.7 Å². The Balaban J connectivity index is 1.82. The van der Waals surface area contributed by atoms with Gasteiger partial charge in [0.05, 0.1) is 16.7 Å². The molecule has 1 aliphatic rings. The number of carbonyl (C=O) groups excluding carboxylic acids is 1. The second-order valence-corrected chi connectivity index (χ2v) is 9.03. The zero-order valence-electron chi connectivity index (χ0n) is 18.2. The molecule has 5 rings (SSSR count). The van der Waals surface area contributed by atoms with Gasteiger partial charge in [0.2, 0.25) is 5.91 Å². The number of nitrogens with zero attached hydrogens (tertiary/aromatic N) is 4. The molecule has 4 aromatic rings. The highest BCUT2D eigenvalue weighted by Crippen LogP contribution is 2.47. The lowest BCUT2D eigenvalue weighted by atomic mass is 9.97. The summed E-state index contributed by atoms with van der Waals surface area (Å²) in [6, 6.07) is 20.3. The molecule has 0 spiro atoms. The fourth-order valence-electron chi connectivity index (χ4n) is 4.09. The van der Waals surface area contributed by atoms with E-state index in [4.69, 9.17) is 5.10 Å². The molecule has 1 atom stereocenters. The van der Waals surface area contributed by atoms with Gasteiger partial charge in [-0.25, -0.2) is 9.97 Å². The van der Waals surface area contributed by atoms with Crippen molar-refractivity contribution in [2.24, 2.45) is 0 Å². The molecule has 0 saturated heterocycles. The fraction of sp³-hybridized carbons (Fsp3) is 0.200. The summed E-state index contributed by atoms with van der Waals surface area (Å²) in [7, 11) is 0. The quantitative estimate of drug-likeness (QED) is 0.483. The number of aryl methyl sites for hydroxylation is 3. The summed E-state index contributed by atoms with van der Waals surface area (Å²) in [4.78, 5) is 22.0. The molecule has 0 bridgehead atoms. The zero-order valence-corrected chi connectivity index (χ0v) is 19.0. The molecule has 0 aliphatic carbocycles. The van der Waals surface area contributed by atoms with E-state index < -0.39 is 0 Å². The van der Waals surface area contributed by atoms with Crippen molar-refractivity contribution in [3.8, 4) is 17.2 Å². The first-order valence-corrected chi connectivity index (χ1v) is 11.5. The highest BCUT2D eigenvalue weighted by atomic mass is 32.2. The zero-order chi connectivity index (χ0) is 22.2. The lowest BCUT2D eigenvalue weighted by Crippen LogP contribution is -2.17. The summed E-state index contributed by atoms with van der Waals surface area (Å²) < 4.78 is 1.69. The van der Waals surface area contributed by atoms with Crippen molar-refractivity contribution in [1.29, 1.82) is 0 Å². The number of benzene rings is 2. The molecule has 2 aromatic carbocycles. The third-order valence-electron chi connectivity index (χ3n) is 5.50. The minimum atomic E-state index is -0.0579. The van der Waals surface area contributed by atoms with Gasteiger partial charge in [0.15, 0.2) is 0 Å². The standard InChI is InChI=1S/C25H23N5OS/c1-15-9-7-8-12-19(15)23-21-22(18-10-5-4-6-11-18)29-30(24(21)28-20(31)14-32-23)25-26-16(2)13-17(3)27-25/h4-13,23H,14H2,1-3H3,(H,28,31)/t23-/m0/s1. The molecule has 160 valence electrons. The molecule has 1 amide bonds. The van der Waals surface area contributed by atoms with E-state index in [0.29, 0.717) is 17.5 Å². The molecule has 2 aromatic heterocycles. The molecule has 1 aliphatic heterocycles. The van der Waals surface area contributed by atoms with E-state index in [2.05, 4.69) is 34.3 Å². The molecule has 3 heterocycles. The van der Waals surface area contributed by atoms with E-state index >= 15 is 0 Å². The molecule has 0 fully saturated rings. The van der Waals surface area contributed by atoms with Crippen LogP contribution in [0, 0.1) is 20.8 Å². The van der Waals surface area contributed by atoms with Crippen LogP contribution in [0.2, 0.25) is 0 Å². The SMILES string of the molecule is Cc1cc(C)nc(-n2nc(-c3ccccc3)c3c2NC(=O)CS[C@H]3c2ccccc2C)n1. The molecule has 0 unspecified atom stereocenters. The number of hydrogen-bond acceptors (Lipinski definition) is 5. The van der Waals surface area contributed by atoms with Crippen LogP contribution in [-0.4, -0.2) is 31.4 Å². The summed E-state index contributed by atoms with van der Waals surface area (Å²) in [5.74, 6) is 1.39. The van der Waals surface area contributed by atoms with Crippen LogP contribution in [0.15, 0.2) is 60.7 Å². The number of carbonyl (C=O) groups is 1. The third kappa shape index (κ3) is 3.69. The van der Waals surface area contributed by atoms with Gasteiger partial charge in [0.25, 0.3) is 5.95 Å². The number of nitrogens with one attached hydrogen (secondary N) is 1. The number of rotatable bonds is 3. The van der Waals surface area contributed by atoms with Crippen LogP contribution < -0.4 is 5.32 Å². The van der Waals surface area contributed by atoms with Gasteiger partial charge in [-0.2, -0.15) is 9.78 Å². The largest absolute Gasteiger partial charge is 0.309 e. The lowest BCUT2D eigenvalue weighted by Gasteiger charge is -2.18. The average Bonchev–Trinajstić information content (AvgIpc) is 3.05. The van der Waals surface area contributed by atoms with Gasteiger partial charge < -0.3 is 5.32 Å². The minimum absolute atomic E-state index is 0.0555. The summed E-state index contributed by atoms with van der Waals surface area (Å²) >= 11 is 1.62. The lowest BCUT2D eigenvalue weighted by molar-refractivity contribution is -0.113. The van der Waals surface area contributed by atoms with Crippen LogP contribution in [0.5, 0.6) is 0 Å². The van der Waals surface area contributed by atoms with Gasteiger partial charge in [0.1, 0.15) is 5.82 Å². The number of amides is 1. The summed E-state index contributed by atoms with van der Waals surface area (Å²) in [5.41, 5.74) is 6.84. The van der Waals surface area contributed by atoms with Gasteiger partial charge in [-0.1, -0.05) is 54.6 Å². The molecular weight excluding hydrogens is 418 g/mol. The molecular formula is C25H23N5OS. The van der Waals surface area contributed by atoms with E-state index in [1.165, 1.54) is 11.1 Å². The maximum Gasteiger partial charge on any atom is 0.252 e. The predicted octanol–water partition coefficient (Wildman–Crippen LogP) is 5.03. The Kier molecular flexibility index (Phi) is 5.27. The Hall–Kier alpha value is -3.45. The minimum Gasteiger partial charge on any atom is -0.309 e. The second-order valence-electron chi connectivity index (χ2n) is 7.94. The van der Waals surface area contributed by atoms with Gasteiger partial charge in [0, 0.05) is 22.5 Å². The van der Waals surface area contributed by atoms with Gasteiger partial charge in [-0.3, -0.25) is 4.79 Å². The maximum absolute atomic E-state index is 12.8. The summed E-state index contributed by atoms with van der Waals surface area (Å²) in [6.45, 7) is 5.97. The van der Waals surface area contributed by atoms with Gasteiger partial charge in [-0.15, -0.1) is 11.8 Å². The predicted molar refractivity (Wildman–Crippen MR) is 128 cm³/mol. The van der Waals surface area contributed by atoms with Crippen LogP contribution in [0.4, 0.5) is 5.82 Å². The van der Waals surface area contributed by atoms with Crippen LogP contribution >= 0.6 is 11.8 Å². The highest BCUT2D eigenvalue weighted by molar-refractivity contribution is 8.00. The van der Waals surface area contributed by atoms with E-state index in [1.807, 2.05) is 62.4 Å². The molecule has 0 radical (unpaired) electrons. The third-order valence-corrected chi connectivity index (χ3v) is 6.75. The van der Waals surface area contributed by atoms with Crippen molar-refractivity contribution in [1.82, 2.24) is 19.7 Å². The number of fused-ring (bicyclic) bond motifs is 1. The van der Waals surface area contributed by atoms with Gasteiger partial charge >= 0.3 is 0 Å². The highest BCUT2D eigenvalue weighted by Gasteiger charge is 2.33. The smallest absolute Gasteiger partial charge is 0.252 e. The first-order chi connectivity index (χ1) is 15.5. The van der Waals surface area contributed by atoms with E-state index in [9.17, 15) is 4.79 Å². The Labute approximate surface area is 191 Å². The van der Waals surface area contributed by atoms with E-state index in [1.54, 1.807) is 16.4 Å². The Morgan fingerprint density at radius 1 is 0.969 bits per heavy atom. The normalized spacial score (nSPS) is 15.7. The molecule has 6 nitrogen and oxygen atoms in total. The van der Waals surface area contributed by atoms with Crippen LogP contribution in [0.1, 0.15) is 33.3 Å². The first-order valence-electron chi connectivity index (χ1n) is 10.5. The van der Waals surface area contributed by atoms with Crippen LogP contribution in [0.3, 0.4) is 0 Å². The number of anilines is 1. The fourth-order valence-corrected chi connectivity index (χ4v) is 5.32. The Morgan fingerprint density at radius 2 is 1.66 bits per heavy atom. The van der Waals surface area contributed by atoms with Crippen LogP contribution in [0.25, 0.3) is 17.2 Å².